The Labute approximate surface area is 117 Å². The predicted molar refractivity (Wildman–Crippen MR) is 81.5 cm³/mol. The van der Waals surface area contributed by atoms with Gasteiger partial charge in [0.05, 0.1) is 0 Å². The second-order valence-electron chi connectivity index (χ2n) is 6.91. The van der Waals surface area contributed by atoms with E-state index in [1.54, 1.807) is 5.56 Å². The molecule has 0 heterocycles. The quantitative estimate of drug-likeness (QED) is 0.845. The minimum absolute atomic E-state index is 0.779. The fraction of sp³-hybridized carbons (Fsp3) is 0.667. The molecule has 1 N–H and O–H groups in total. The third kappa shape index (κ3) is 3.20. The second kappa shape index (κ2) is 5.66. The van der Waals surface area contributed by atoms with Gasteiger partial charge in [-0.05, 0) is 50.0 Å². The van der Waals surface area contributed by atoms with Crippen LogP contribution in [0, 0.1) is 12.8 Å². The zero-order valence-corrected chi connectivity index (χ0v) is 12.4. The van der Waals surface area contributed by atoms with Gasteiger partial charge in [-0.2, -0.15) is 0 Å². The first-order chi connectivity index (χ1) is 9.20. The van der Waals surface area contributed by atoms with Gasteiger partial charge in [0, 0.05) is 12.1 Å². The lowest BCUT2D eigenvalue weighted by Crippen LogP contribution is -2.46. The smallest absolute Gasteiger partial charge is 0.00813 e. The normalized spacial score (nSPS) is 34.8. The van der Waals surface area contributed by atoms with Crippen LogP contribution in [0.25, 0.3) is 0 Å². The van der Waals surface area contributed by atoms with E-state index in [1.165, 1.54) is 44.1 Å². The highest BCUT2D eigenvalue weighted by Crippen LogP contribution is 2.38. The molecule has 0 bridgehead atoms. The summed E-state index contributed by atoms with van der Waals surface area (Å²) in [5, 5.41) is 3.90. The van der Waals surface area contributed by atoms with E-state index in [-0.39, 0.29) is 0 Å². The minimum atomic E-state index is 0.779. The van der Waals surface area contributed by atoms with Crippen molar-refractivity contribution in [3.8, 4) is 0 Å². The molecule has 0 radical (unpaired) electrons. The van der Waals surface area contributed by atoms with Crippen LogP contribution >= 0.6 is 0 Å². The first-order valence-electron chi connectivity index (χ1n) is 8.03. The zero-order valence-electron chi connectivity index (χ0n) is 12.4. The zero-order chi connectivity index (χ0) is 13.2. The first-order valence-corrected chi connectivity index (χ1v) is 8.03. The fourth-order valence-corrected chi connectivity index (χ4v) is 3.87. The standard InChI is InChI=1S/C18H27N/c1-13-5-3-7-15(9-13)16-11-18(12-16)19-17-8-4-6-14(2)10-17/h3,5,7,9,14,16-19H,4,6,8,10-12H2,1-2H3. The van der Waals surface area contributed by atoms with Gasteiger partial charge in [0.2, 0.25) is 0 Å². The molecular formula is C18H27N. The summed E-state index contributed by atoms with van der Waals surface area (Å²) in [6, 6.07) is 10.6. The SMILES string of the molecule is Cc1cccc(C2CC(NC3CCCC(C)C3)C2)c1. The van der Waals surface area contributed by atoms with E-state index < -0.39 is 0 Å². The van der Waals surface area contributed by atoms with Gasteiger partial charge in [-0.1, -0.05) is 49.6 Å². The Balaban J connectivity index is 1.47. The Morgan fingerprint density at radius 2 is 1.89 bits per heavy atom. The lowest BCUT2D eigenvalue weighted by molar-refractivity contribution is 0.217. The van der Waals surface area contributed by atoms with Crippen LogP contribution in [0.1, 0.15) is 62.5 Å². The van der Waals surface area contributed by atoms with Crippen molar-refractivity contribution in [1.82, 2.24) is 5.32 Å². The Hall–Kier alpha value is -0.820. The molecule has 3 rings (SSSR count). The maximum atomic E-state index is 3.90. The van der Waals surface area contributed by atoms with Crippen molar-refractivity contribution in [1.29, 1.82) is 0 Å². The molecule has 2 saturated carbocycles. The van der Waals surface area contributed by atoms with Gasteiger partial charge in [-0.25, -0.2) is 0 Å². The van der Waals surface area contributed by atoms with Gasteiger partial charge in [-0.3, -0.25) is 0 Å². The van der Waals surface area contributed by atoms with E-state index in [2.05, 4.69) is 43.4 Å². The highest BCUT2D eigenvalue weighted by Gasteiger charge is 2.32. The van der Waals surface area contributed by atoms with Crippen molar-refractivity contribution in [3.63, 3.8) is 0 Å². The molecule has 1 heteroatoms. The third-order valence-corrected chi connectivity index (χ3v) is 5.06. The number of hydrogen-bond donors (Lipinski definition) is 1. The molecule has 2 atom stereocenters. The lowest BCUT2D eigenvalue weighted by Gasteiger charge is -2.40. The molecule has 2 unspecified atom stereocenters. The highest BCUT2D eigenvalue weighted by molar-refractivity contribution is 5.27. The second-order valence-corrected chi connectivity index (χ2v) is 6.91. The molecule has 2 aliphatic carbocycles. The van der Waals surface area contributed by atoms with Gasteiger partial charge < -0.3 is 5.32 Å². The maximum Gasteiger partial charge on any atom is 0.00813 e. The molecule has 0 aromatic heterocycles. The summed E-state index contributed by atoms with van der Waals surface area (Å²) >= 11 is 0. The summed E-state index contributed by atoms with van der Waals surface area (Å²) in [5.41, 5.74) is 2.95. The molecule has 0 spiro atoms. The van der Waals surface area contributed by atoms with E-state index >= 15 is 0 Å². The number of rotatable bonds is 3. The summed E-state index contributed by atoms with van der Waals surface area (Å²) in [4.78, 5) is 0. The molecule has 19 heavy (non-hydrogen) atoms. The minimum Gasteiger partial charge on any atom is -0.311 e. The van der Waals surface area contributed by atoms with Crippen LogP contribution < -0.4 is 5.32 Å². The predicted octanol–water partition coefficient (Wildman–Crippen LogP) is 4.41. The van der Waals surface area contributed by atoms with Crippen molar-refractivity contribution >= 4 is 0 Å². The number of hydrogen-bond acceptors (Lipinski definition) is 1. The average Bonchev–Trinajstić information content (AvgIpc) is 2.33. The molecule has 1 nitrogen and oxygen atoms in total. The Bertz CT molecular complexity index is 419. The molecule has 0 aliphatic heterocycles. The van der Waals surface area contributed by atoms with Crippen LogP contribution in [0.2, 0.25) is 0 Å². The molecule has 2 fully saturated rings. The van der Waals surface area contributed by atoms with E-state index in [1.807, 2.05) is 0 Å². The van der Waals surface area contributed by atoms with Crippen molar-refractivity contribution in [3.05, 3.63) is 35.4 Å². The van der Waals surface area contributed by atoms with Crippen LogP contribution in [-0.2, 0) is 0 Å². The first kappa shape index (κ1) is 13.2. The van der Waals surface area contributed by atoms with Gasteiger partial charge in [0.1, 0.15) is 0 Å². The fourth-order valence-electron chi connectivity index (χ4n) is 3.87. The Morgan fingerprint density at radius 3 is 2.63 bits per heavy atom. The third-order valence-electron chi connectivity index (χ3n) is 5.06. The molecule has 2 aliphatic rings. The molecule has 0 saturated heterocycles. The van der Waals surface area contributed by atoms with Crippen LogP contribution in [-0.4, -0.2) is 12.1 Å². The highest BCUT2D eigenvalue weighted by atomic mass is 15.0. The Kier molecular flexibility index (Phi) is 3.93. The van der Waals surface area contributed by atoms with Gasteiger partial charge in [0.15, 0.2) is 0 Å². The lowest BCUT2D eigenvalue weighted by atomic mass is 9.74. The van der Waals surface area contributed by atoms with Crippen molar-refractivity contribution in [2.75, 3.05) is 0 Å². The maximum absolute atomic E-state index is 3.90. The van der Waals surface area contributed by atoms with Crippen LogP contribution in [0.3, 0.4) is 0 Å². The monoisotopic (exact) mass is 257 g/mol. The van der Waals surface area contributed by atoms with E-state index in [0.717, 1.165) is 23.9 Å². The number of benzene rings is 1. The van der Waals surface area contributed by atoms with Crippen molar-refractivity contribution in [2.45, 2.75) is 70.4 Å². The molecule has 0 amide bonds. The van der Waals surface area contributed by atoms with Crippen LogP contribution in [0.4, 0.5) is 0 Å². The summed E-state index contributed by atoms with van der Waals surface area (Å²) < 4.78 is 0. The van der Waals surface area contributed by atoms with Gasteiger partial charge >= 0.3 is 0 Å². The molecular weight excluding hydrogens is 230 g/mol. The number of aryl methyl sites for hydroxylation is 1. The largest absolute Gasteiger partial charge is 0.311 e. The Morgan fingerprint density at radius 1 is 1.05 bits per heavy atom. The summed E-state index contributed by atoms with van der Waals surface area (Å²) in [6.07, 6.45) is 8.34. The summed E-state index contributed by atoms with van der Waals surface area (Å²) in [6.45, 7) is 4.60. The van der Waals surface area contributed by atoms with Crippen molar-refractivity contribution in [2.24, 2.45) is 5.92 Å². The summed E-state index contributed by atoms with van der Waals surface area (Å²) in [5.74, 6) is 1.73. The van der Waals surface area contributed by atoms with Gasteiger partial charge in [-0.15, -0.1) is 0 Å². The van der Waals surface area contributed by atoms with E-state index in [0.29, 0.717) is 0 Å². The molecule has 104 valence electrons. The average molecular weight is 257 g/mol. The molecule has 1 aromatic carbocycles. The van der Waals surface area contributed by atoms with Crippen LogP contribution in [0.15, 0.2) is 24.3 Å². The topological polar surface area (TPSA) is 12.0 Å². The van der Waals surface area contributed by atoms with Crippen molar-refractivity contribution < 1.29 is 0 Å². The van der Waals surface area contributed by atoms with E-state index in [9.17, 15) is 0 Å². The molecule has 1 aromatic rings. The summed E-state index contributed by atoms with van der Waals surface area (Å²) in [7, 11) is 0. The van der Waals surface area contributed by atoms with Gasteiger partial charge in [0.25, 0.3) is 0 Å². The number of nitrogens with one attached hydrogen (secondary N) is 1. The van der Waals surface area contributed by atoms with Crippen LogP contribution in [0.5, 0.6) is 0 Å². The van der Waals surface area contributed by atoms with E-state index in [4.69, 9.17) is 0 Å².